The predicted octanol–water partition coefficient (Wildman–Crippen LogP) is 2.10. The Morgan fingerprint density at radius 3 is 2.83 bits per heavy atom. The first-order valence-electron chi connectivity index (χ1n) is 7.22. The number of hydrogen-bond donors (Lipinski definition) is 2. The van der Waals surface area contributed by atoms with E-state index in [-0.39, 0.29) is 30.2 Å². The zero-order valence-electron chi connectivity index (χ0n) is 12.2. The third kappa shape index (κ3) is 4.13. The molecule has 1 aliphatic rings. The van der Waals surface area contributed by atoms with Crippen molar-refractivity contribution in [3.05, 3.63) is 53.0 Å². The summed E-state index contributed by atoms with van der Waals surface area (Å²) < 4.78 is 0.773. The van der Waals surface area contributed by atoms with Crippen LogP contribution in [0, 0.1) is 5.92 Å². The number of hydrogen-bond acceptors (Lipinski definition) is 4. The lowest BCUT2D eigenvalue weighted by Crippen LogP contribution is -2.34. The second-order valence-corrected chi connectivity index (χ2v) is 6.18. The molecule has 23 heavy (non-hydrogen) atoms. The maximum Gasteiger partial charge on any atom is 0.243 e. The fourth-order valence-electron chi connectivity index (χ4n) is 2.40. The summed E-state index contributed by atoms with van der Waals surface area (Å²) in [5.74, 6) is -0.255. The van der Waals surface area contributed by atoms with Crippen molar-refractivity contribution < 1.29 is 9.59 Å². The molecule has 3 rings (SSSR count). The zero-order chi connectivity index (χ0) is 16.2. The van der Waals surface area contributed by atoms with Gasteiger partial charge < -0.3 is 10.6 Å². The molecule has 1 fully saturated rings. The summed E-state index contributed by atoms with van der Waals surface area (Å²) in [6.45, 7) is -0.0461. The average Bonchev–Trinajstić information content (AvgIpc) is 3.35. The van der Waals surface area contributed by atoms with Crippen molar-refractivity contribution in [3.8, 4) is 0 Å². The highest BCUT2D eigenvalue weighted by atomic mass is 79.9. The van der Waals surface area contributed by atoms with E-state index < -0.39 is 0 Å². The Morgan fingerprint density at radius 2 is 2.13 bits per heavy atom. The molecule has 118 valence electrons. The van der Waals surface area contributed by atoms with Gasteiger partial charge in [0.1, 0.15) is 4.60 Å². The lowest BCUT2D eigenvalue weighted by molar-refractivity contribution is -0.125. The maximum atomic E-state index is 12.1. The summed E-state index contributed by atoms with van der Waals surface area (Å²) in [6, 6.07) is 7.30. The normalized spacial score (nSPS) is 19.0. The molecule has 0 unspecified atom stereocenters. The molecule has 2 N–H and O–H groups in total. The van der Waals surface area contributed by atoms with Gasteiger partial charge in [0.2, 0.25) is 11.8 Å². The molecule has 7 heteroatoms. The number of anilines is 1. The number of carbonyl (C=O) groups excluding carboxylic acids is 2. The lowest BCUT2D eigenvalue weighted by atomic mass is 10.1. The topological polar surface area (TPSA) is 84.0 Å². The Balaban J connectivity index is 1.45. The van der Waals surface area contributed by atoms with Crippen molar-refractivity contribution in [2.24, 2.45) is 5.92 Å². The number of aromatic nitrogens is 2. The number of rotatable bonds is 5. The highest BCUT2D eigenvalue weighted by Gasteiger charge is 2.44. The summed E-state index contributed by atoms with van der Waals surface area (Å²) >= 11 is 3.29. The van der Waals surface area contributed by atoms with E-state index >= 15 is 0 Å². The van der Waals surface area contributed by atoms with E-state index in [4.69, 9.17) is 0 Å². The molecule has 0 bridgehead atoms. The highest BCUT2D eigenvalue weighted by molar-refractivity contribution is 9.10. The van der Waals surface area contributed by atoms with E-state index in [9.17, 15) is 9.59 Å². The van der Waals surface area contributed by atoms with Gasteiger partial charge in [-0.1, -0.05) is 6.07 Å². The molecular weight excluding hydrogens is 360 g/mol. The molecule has 2 heterocycles. The van der Waals surface area contributed by atoms with Crippen molar-refractivity contribution in [2.45, 2.75) is 12.3 Å². The first-order chi connectivity index (χ1) is 11.1. The van der Waals surface area contributed by atoms with Crippen LogP contribution in [-0.2, 0) is 9.59 Å². The highest BCUT2D eigenvalue weighted by Crippen LogP contribution is 2.47. The molecule has 0 radical (unpaired) electrons. The molecule has 2 aromatic rings. The van der Waals surface area contributed by atoms with E-state index in [1.165, 1.54) is 0 Å². The Hall–Kier alpha value is -2.28. The van der Waals surface area contributed by atoms with Gasteiger partial charge in [-0.05, 0) is 52.0 Å². The molecule has 2 aromatic heterocycles. The number of amides is 2. The smallest absolute Gasteiger partial charge is 0.243 e. The molecule has 0 saturated heterocycles. The Bertz CT molecular complexity index is 706. The van der Waals surface area contributed by atoms with E-state index in [2.05, 4.69) is 36.5 Å². The van der Waals surface area contributed by atoms with Crippen LogP contribution in [0.15, 0.2) is 47.5 Å². The van der Waals surface area contributed by atoms with E-state index in [0.717, 1.165) is 16.6 Å². The van der Waals surface area contributed by atoms with E-state index in [0.29, 0.717) is 5.69 Å². The predicted molar refractivity (Wildman–Crippen MR) is 88.7 cm³/mol. The van der Waals surface area contributed by atoms with Gasteiger partial charge in [-0.15, -0.1) is 0 Å². The van der Waals surface area contributed by atoms with Gasteiger partial charge in [-0.3, -0.25) is 14.6 Å². The Kier molecular flexibility index (Phi) is 4.66. The first kappa shape index (κ1) is 15.6. The van der Waals surface area contributed by atoms with Crippen LogP contribution in [0.5, 0.6) is 0 Å². The van der Waals surface area contributed by atoms with Crippen molar-refractivity contribution in [1.29, 1.82) is 0 Å². The Labute approximate surface area is 141 Å². The maximum absolute atomic E-state index is 12.1. The molecule has 1 aliphatic carbocycles. The lowest BCUT2D eigenvalue weighted by Gasteiger charge is -2.06. The Morgan fingerprint density at radius 1 is 1.26 bits per heavy atom. The number of halogens is 1. The third-order valence-corrected chi connectivity index (χ3v) is 4.14. The van der Waals surface area contributed by atoms with Gasteiger partial charge in [0.05, 0.1) is 18.4 Å². The van der Waals surface area contributed by atoms with Gasteiger partial charge >= 0.3 is 0 Å². The standard InChI is InChI=1S/C16H15BrN4O2/c17-14-4-3-10(7-19-14)12-6-13(12)16(23)20-9-15(22)21-11-2-1-5-18-8-11/h1-5,7-8,12-13H,6,9H2,(H,20,23)(H,21,22)/t12-,13+/m0/s1. The number of carbonyl (C=O) groups is 2. The van der Waals surface area contributed by atoms with Gasteiger partial charge in [-0.25, -0.2) is 4.98 Å². The summed E-state index contributed by atoms with van der Waals surface area (Å²) in [4.78, 5) is 31.9. The van der Waals surface area contributed by atoms with Crippen LogP contribution < -0.4 is 10.6 Å². The number of nitrogens with one attached hydrogen (secondary N) is 2. The fourth-order valence-corrected chi connectivity index (χ4v) is 2.63. The average molecular weight is 375 g/mol. The summed E-state index contributed by atoms with van der Waals surface area (Å²) in [5, 5.41) is 5.35. The minimum atomic E-state index is -0.270. The molecule has 0 spiro atoms. The van der Waals surface area contributed by atoms with Crippen LogP contribution in [-0.4, -0.2) is 28.3 Å². The summed E-state index contributed by atoms with van der Waals surface area (Å²) in [7, 11) is 0. The van der Waals surface area contributed by atoms with Crippen LogP contribution in [0.1, 0.15) is 17.9 Å². The van der Waals surface area contributed by atoms with Gasteiger partial charge in [0.25, 0.3) is 0 Å². The minimum absolute atomic E-state index is 0.0461. The molecule has 2 amide bonds. The van der Waals surface area contributed by atoms with Gasteiger partial charge in [-0.2, -0.15) is 0 Å². The van der Waals surface area contributed by atoms with Crippen molar-refractivity contribution in [1.82, 2.24) is 15.3 Å². The van der Waals surface area contributed by atoms with Crippen LogP contribution in [0.4, 0.5) is 5.69 Å². The largest absolute Gasteiger partial charge is 0.347 e. The fraction of sp³-hybridized carbons (Fsp3) is 0.250. The minimum Gasteiger partial charge on any atom is -0.347 e. The quantitative estimate of drug-likeness (QED) is 0.784. The second kappa shape index (κ2) is 6.87. The van der Waals surface area contributed by atoms with Crippen LogP contribution >= 0.6 is 15.9 Å². The van der Waals surface area contributed by atoms with Crippen molar-refractivity contribution >= 4 is 33.4 Å². The monoisotopic (exact) mass is 374 g/mol. The molecule has 6 nitrogen and oxygen atoms in total. The van der Waals surface area contributed by atoms with Crippen LogP contribution in [0.3, 0.4) is 0 Å². The molecule has 1 saturated carbocycles. The van der Waals surface area contributed by atoms with Gasteiger partial charge in [0.15, 0.2) is 0 Å². The van der Waals surface area contributed by atoms with Crippen molar-refractivity contribution in [2.75, 3.05) is 11.9 Å². The SMILES string of the molecule is O=C(CNC(=O)[C@@H]1C[C@H]1c1ccc(Br)nc1)Nc1cccnc1. The van der Waals surface area contributed by atoms with Crippen LogP contribution in [0.2, 0.25) is 0 Å². The molecular formula is C16H15BrN4O2. The zero-order valence-corrected chi connectivity index (χ0v) is 13.8. The molecule has 0 aromatic carbocycles. The van der Waals surface area contributed by atoms with E-state index in [1.807, 2.05) is 12.1 Å². The second-order valence-electron chi connectivity index (χ2n) is 5.37. The van der Waals surface area contributed by atoms with Gasteiger partial charge in [0, 0.05) is 18.3 Å². The summed E-state index contributed by atoms with van der Waals surface area (Å²) in [5.41, 5.74) is 1.66. The van der Waals surface area contributed by atoms with Crippen LogP contribution in [0.25, 0.3) is 0 Å². The summed E-state index contributed by atoms with van der Waals surface area (Å²) in [6.07, 6.45) is 5.75. The van der Waals surface area contributed by atoms with E-state index in [1.54, 1.807) is 30.7 Å². The molecule has 0 aliphatic heterocycles. The number of nitrogens with zero attached hydrogens (tertiary/aromatic N) is 2. The first-order valence-corrected chi connectivity index (χ1v) is 8.02. The van der Waals surface area contributed by atoms with Crippen molar-refractivity contribution in [3.63, 3.8) is 0 Å². The number of pyridine rings is 2. The third-order valence-electron chi connectivity index (χ3n) is 3.67. The molecule has 2 atom stereocenters.